The largest absolute Gasteiger partial charge is 0.496 e. The van der Waals surface area contributed by atoms with Crippen LogP contribution in [0, 0.1) is 6.92 Å². The highest BCUT2D eigenvalue weighted by Gasteiger charge is 2.05. The van der Waals surface area contributed by atoms with Gasteiger partial charge in [-0.1, -0.05) is 17.7 Å². The summed E-state index contributed by atoms with van der Waals surface area (Å²) in [4.78, 5) is 12.3. The van der Waals surface area contributed by atoms with Gasteiger partial charge in [0.25, 0.3) is 0 Å². The lowest BCUT2D eigenvalue weighted by atomic mass is 10.1. The predicted octanol–water partition coefficient (Wildman–Crippen LogP) is 1.63. The quantitative estimate of drug-likeness (QED) is 0.687. The fourth-order valence-electron chi connectivity index (χ4n) is 1.51. The number of carbonyl (C=O) groups excluding carboxylic acids is 1. The average Bonchev–Trinajstić information content (AvgIpc) is 2.18. The summed E-state index contributed by atoms with van der Waals surface area (Å²) < 4.78 is 5.26. The molecule has 0 atom stereocenters. The van der Waals surface area contributed by atoms with E-state index in [-0.39, 0.29) is 0 Å². The van der Waals surface area contributed by atoms with Crippen molar-refractivity contribution >= 4 is 6.29 Å². The van der Waals surface area contributed by atoms with E-state index < -0.39 is 0 Å². The molecule has 3 nitrogen and oxygen atoms in total. The molecular weight excluding hydrogens is 190 g/mol. The maximum absolute atomic E-state index is 10.4. The maximum Gasteiger partial charge on any atom is 0.133 e. The van der Waals surface area contributed by atoms with Gasteiger partial charge in [-0.25, -0.2) is 0 Å². The Morgan fingerprint density at radius 1 is 1.47 bits per heavy atom. The van der Waals surface area contributed by atoms with Crippen molar-refractivity contribution in [3.63, 3.8) is 0 Å². The van der Waals surface area contributed by atoms with Gasteiger partial charge in [-0.3, -0.25) is 4.90 Å². The first-order valence-corrected chi connectivity index (χ1v) is 4.93. The molecular formula is C12H17NO2. The van der Waals surface area contributed by atoms with Crippen molar-refractivity contribution in [3.8, 4) is 5.75 Å². The van der Waals surface area contributed by atoms with Crippen LogP contribution in [0.4, 0.5) is 0 Å². The molecule has 0 saturated carbocycles. The minimum Gasteiger partial charge on any atom is -0.496 e. The van der Waals surface area contributed by atoms with Crippen LogP contribution in [0.15, 0.2) is 18.2 Å². The van der Waals surface area contributed by atoms with Crippen LogP contribution in [0.5, 0.6) is 5.75 Å². The number of carbonyl (C=O) groups is 1. The number of benzene rings is 1. The van der Waals surface area contributed by atoms with Crippen molar-refractivity contribution in [2.24, 2.45) is 0 Å². The van der Waals surface area contributed by atoms with Crippen LogP contribution in [0.1, 0.15) is 11.1 Å². The second-order valence-electron chi connectivity index (χ2n) is 3.68. The Labute approximate surface area is 90.7 Å². The number of aldehydes is 1. The van der Waals surface area contributed by atoms with Gasteiger partial charge in [0.05, 0.1) is 13.7 Å². The van der Waals surface area contributed by atoms with Gasteiger partial charge in [0, 0.05) is 12.1 Å². The van der Waals surface area contributed by atoms with Gasteiger partial charge in [-0.15, -0.1) is 0 Å². The van der Waals surface area contributed by atoms with E-state index >= 15 is 0 Å². The Kier molecular flexibility index (Phi) is 4.31. The molecule has 1 rings (SSSR count). The molecule has 0 aliphatic carbocycles. The first-order valence-electron chi connectivity index (χ1n) is 4.93. The number of ether oxygens (including phenoxy) is 1. The highest BCUT2D eigenvalue weighted by atomic mass is 16.5. The van der Waals surface area contributed by atoms with Crippen LogP contribution in [0.2, 0.25) is 0 Å². The van der Waals surface area contributed by atoms with E-state index in [9.17, 15) is 4.79 Å². The lowest BCUT2D eigenvalue weighted by molar-refractivity contribution is -0.108. The molecule has 0 saturated heterocycles. The molecule has 0 radical (unpaired) electrons. The third-order valence-electron chi connectivity index (χ3n) is 2.26. The van der Waals surface area contributed by atoms with Crippen LogP contribution in [0.25, 0.3) is 0 Å². The van der Waals surface area contributed by atoms with Crippen molar-refractivity contribution in [1.82, 2.24) is 4.90 Å². The Bertz CT molecular complexity index is 336. The van der Waals surface area contributed by atoms with Crippen molar-refractivity contribution in [1.29, 1.82) is 0 Å². The minimum atomic E-state index is 0.442. The fourth-order valence-corrected chi connectivity index (χ4v) is 1.51. The normalized spacial score (nSPS) is 10.4. The second-order valence-corrected chi connectivity index (χ2v) is 3.68. The van der Waals surface area contributed by atoms with E-state index in [1.54, 1.807) is 7.11 Å². The lowest BCUT2D eigenvalue weighted by Crippen LogP contribution is -2.20. The Hall–Kier alpha value is -1.35. The second kappa shape index (κ2) is 5.51. The Balaban J connectivity index is 2.81. The van der Waals surface area contributed by atoms with Crippen molar-refractivity contribution in [2.45, 2.75) is 13.5 Å². The van der Waals surface area contributed by atoms with Gasteiger partial charge >= 0.3 is 0 Å². The number of aryl methyl sites for hydroxylation is 1. The summed E-state index contributed by atoms with van der Waals surface area (Å²) in [5, 5.41) is 0. The van der Waals surface area contributed by atoms with Crippen LogP contribution in [-0.4, -0.2) is 31.9 Å². The molecule has 0 N–H and O–H groups in total. The first-order chi connectivity index (χ1) is 7.17. The summed E-state index contributed by atoms with van der Waals surface area (Å²) in [6.45, 7) is 3.21. The van der Waals surface area contributed by atoms with Gasteiger partial charge in [0.1, 0.15) is 12.0 Å². The Morgan fingerprint density at radius 3 is 2.80 bits per heavy atom. The first kappa shape index (κ1) is 11.7. The third-order valence-corrected chi connectivity index (χ3v) is 2.26. The molecule has 0 spiro atoms. The zero-order valence-corrected chi connectivity index (χ0v) is 9.49. The van der Waals surface area contributed by atoms with Crippen molar-refractivity contribution in [2.75, 3.05) is 20.7 Å². The van der Waals surface area contributed by atoms with E-state index in [4.69, 9.17) is 4.74 Å². The van der Waals surface area contributed by atoms with Crippen LogP contribution in [-0.2, 0) is 11.3 Å². The van der Waals surface area contributed by atoms with Gasteiger partial charge in [0.2, 0.25) is 0 Å². The van der Waals surface area contributed by atoms with E-state index in [1.165, 1.54) is 5.56 Å². The number of methoxy groups -OCH3 is 1. The fraction of sp³-hybridized carbons (Fsp3) is 0.417. The summed E-state index contributed by atoms with van der Waals surface area (Å²) in [6.07, 6.45) is 0.905. The van der Waals surface area contributed by atoms with E-state index in [0.717, 1.165) is 24.1 Å². The van der Waals surface area contributed by atoms with Crippen LogP contribution >= 0.6 is 0 Å². The van der Waals surface area contributed by atoms with Crippen LogP contribution < -0.4 is 4.74 Å². The smallest absolute Gasteiger partial charge is 0.133 e. The van der Waals surface area contributed by atoms with Gasteiger partial charge in [-0.05, 0) is 20.0 Å². The van der Waals surface area contributed by atoms with E-state index in [0.29, 0.717) is 6.54 Å². The topological polar surface area (TPSA) is 29.5 Å². The zero-order valence-electron chi connectivity index (χ0n) is 9.49. The van der Waals surface area contributed by atoms with Crippen molar-refractivity contribution in [3.05, 3.63) is 29.3 Å². The molecule has 0 bridgehead atoms. The summed E-state index contributed by atoms with van der Waals surface area (Å²) in [6, 6.07) is 6.06. The molecule has 1 aromatic rings. The number of hydrogen-bond acceptors (Lipinski definition) is 3. The van der Waals surface area contributed by atoms with E-state index in [2.05, 4.69) is 6.07 Å². The zero-order chi connectivity index (χ0) is 11.3. The highest BCUT2D eigenvalue weighted by Crippen LogP contribution is 2.20. The number of nitrogens with zero attached hydrogens (tertiary/aromatic N) is 1. The monoisotopic (exact) mass is 207 g/mol. The van der Waals surface area contributed by atoms with Gasteiger partial charge in [0.15, 0.2) is 0 Å². The number of hydrogen-bond donors (Lipinski definition) is 0. The molecule has 0 aliphatic heterocycles. The summed E-state index contributed by atoms with van der Waals surface area (Å²) >= 11 is 0. The molecule has 0 unspecified atom stereocenters. The van der Waals surface area contributed by atoms with Crippen molar-refractivity contribution < 1.29 is 9.53 Å². The summed E-state index contributed by atoms with van der Waals surface area (Å²) in [5.41, 5.74) is 2.31. The third kappa shape index (κ3) is 3.36. The maximum atomic E-state index is 10.4. The minimum absolute atomic E-state index is 0.442. The average molecular weight is 207 g/mol. The Morgan fingerprint density at radius 2 is 2.20 bits per heavy atom. The molecule has 0 heterocycles. The SMILES string of the molecule is COc1ccc(C)cc1CN(C)CC=O. The molecule has 0 aliphatic rings. The predicted molar refractivity (Wildman–Crippen MR) is 60.1 cm³/mol. The summed E-state index contributed by atoms with van der Waals surface area (Å²) in [7, 11) is 3.57. The van der Waals surface area contributed by atoms with E-state index in [1.807, 2.05) is 31.0 Å². The van der Waals surface area contributed by atoms with Crippen LogP contribution in [0.3, 0.4) is 0 Å². The molecule has 0 fully saturated rings. The standard InChI is InChI=1S/C12H17NO2/c1-10-4-5-12(15-3)11(8-10)9-13(2)6-7-14/h4-5,7-8H,6,9H2,1-3H3. The molecule has 3 heteroatoms. The summed E-state index contributed by atoms with van der Waals surface area (Å²) in [5.74, 6) is 0.873. The number of likely N-dealkylation sites (N-methyl/N-ethyl adjacent to an activating group) is 1. The van der Waals surface area contributed by atoms with Gasteiger partial charge < -0.3 is 9.53 Å². The highest BCUT2D eigenvalue weighted by molar-refractivity contribution is 5.52. The molecule has 0 amide bonds. The molecule has 15 heavy (non-hydrogen) atoms. The lowest BCUT2D eigenvalue weighted by Gasteiger charge is -2.16. The molecule has 1 aromatic carbocycles. The number of rotatable bonds is 5. The van der Waals surface area contributed by atoms with Gasteiger partial charge in [-0.2, -0.15) is 0 Å². The molecule has 0 aromatic heterocycles. The molecule has 82 valence electrons.